The summed E-state index contributed by atoms with van der Waals surface area (Å²) in [5.41, 5.74) is 1.07. The van der Waals surface area contributed by atoms with Crippen molar-refractivity contribution in [1.29, 1.82) is 5.26 Å². The lowest BCUT2D eigenvalue weighted by Crippen LogP contribution is -2.28. The van der Waals surface area contributed by atoms with Gasteiger partial charge in [-0.3, -0.25) is 4.79 Å². The van der Waals surface area contributed by atoms with Crippen LogP contribution in [0.15, 0.2) is 36.0 Å². The first-order chi connectivity index (χ1) is 9.52. The highest BCUT2D eigenvalue weighted by Crippen LogP contribution is 2.09. The number of phenolic OH excluding ortho intramolecular Hbond substituents is 1. The Bertz CT molecular complexity index is 513. The zero-order chi connectivity index (χ0) is 15.0. The largest absolute Gasteiger partial charge is 0.508 e. The molecule has 3 N–H and O–H groups in total. The lowest BCUT2D eigenvalue weighted by molar-refractivity contribution is -0.117. The van der Waals surface area contributed by atoms with Crippen LogP contribution < -0.4 is 10.6 Å². The van der Waals surface area contributed by atoms with Crippen LogP contribution in [0.1, 0.15) is 19.4 Å². The average molecular weight is 273 g/mol. The van der Waals surface area contributed by atoms with Gasteiger partial charge in [-0.25, -0.2) is 0 Å². The molecule has 0 bridgehead atoms. The van der Waals surface area contributed by atoms with Crippen LogP contribution in [-0.2, 0) is 11.2 Å². The molecular formula is C15H19N3O2. The maximum Gasteiger partial charge on any atom is 0.263 e. The Kier molecular flexibility index (Phi) is 6.11. The van der Waals surface area contributed by atoms with Crippen LogP contribution in [0.4, 0.5) is 0 Å². The average Bonchev–Trinajstić information content (AvgIpc) is 2.41. The minimum Gasteiger partial charge on any atom is -0.508 e. The quantitative estimate of drug-likeness (QED) is 0.541. The summed E-state index contributed by atoms with van der Waals surface area (Å²) in [6, 6.07) is 8.83. The lowest BCUT2D eigenvalue weighted by Gasteiger charge is -2.07. The molecular weight excluding hydrogens is 254 g/mol. The highest BCUT2D eigenvalue weighted by atomic mass is 16.3. The number of benzene rings is 1. The van der Waals surface area contributed by atoms with Crippen molar-refractivity contribution < 1.29 is 9.90 Å². The maximum absolute atomic E-state index is 11.7. The molecule has 0 aliphatic rings. The molecule has 20 heavy (non-hydrogen) atoms. The summed E-state index contributed by atoms with van der Waals surface area (Å²) >= 11 is 0. The summed E-state index contributed by atoms with van der Waals surface area (Å²) in [5, 5.41) is 23.7. The Morgan fingerprint density at radius 2 is 2.05 bits per heavy atom. The number of rotatable bonds is 6. The minimum absolute atomic E-state index is 0.0596. The van der Waals surface area contributed by atoms with Gasteiger partial charge in [0.1, 0.15) is 17.4 Å². The van der Waals surface area contributed by atoms with Crippen LogP contribution in [-0.4, -0.2) is 23.6 Å². The molecule has 0 saturated carbocycles. The van der Waals surface area contributed by atoms with Gasteiger partial charge in [-0.2, -0.15) is 5.26 Å². The minimum atomic E-state index is -0.389. The van der Waals surface area contributed by atoms with Crippen molar-refractivity contribution in [3.05, 3.63) is 41.6 Å². The molecule has 5 nitrogen and oxygen atoms in total. The number of nitriles is 1. The molecule has 0 aliphatic heterocycles. The molecule has 0 atom stereocenters. The van der Waals surface area contributed by atoms with Gasteiger partial charge in [-0.15, -0.1) is 0 Å². The lowest BCUT2D eigenvalue weighted by atomic mass is 10.1. The predicted octanol–water partition coefficient (Wildman–Crippen LogP) is 1.46. The summed E-state index contributed by atoms with van der Waals surface area (Å²) in [4.78, 5) is 11.7. The highest BCUT2D eigenvalue weighted by molar-refractivity contribution is 5.97. The molecule has 0 radical (unpaired) electrons. The van der Waals surface area contributed by atoms with Gasteiger partial charge in [0.2, 0.25) is 0 Å². The number of aromatic hydroxyl groups is 1. The van der Waals surface area contributed by atoms with Gasteiger partial charge < -0.3 is 15.7 Å². The molecule has 1 aromatic rings. The van der Waals surface area contributed by atoms with Gasteiger partial charge in [-0.05, 0) is 38.0 Å². The van der Waals surface area contributed by atoms with Gasteiger partial charge in [0.25, 0.3) is 5.91 Å². The molecule has 0 aromatic heterocycles. The number of carbonyl (C=O) groups is 1. The third-order valence-electron chi connectivity index (χ3n) is 2.56. The fraction of sp³-hybridized carbons (Fsp3) is 0.333. The van der Waals surface area contributed by atoms with Gasteiger partial charge in [0, 0.05) is 18.8 Å². The van der Waals surface area contributed by atoms with E-state index in [4.69, 9.17) is 10.4 Å². The van der Waals surface area contributed by atoms with E-state index in [1.54, 1.807) is 24.3 Å². The molecule has 5 heteroatoms. The Labute approximate surface area is 118 Å². The van der Waals surface area contributed by atoms with Crippen LogP contribution in [0.3, 0.4) is 0 Å². The second kappa shape index (κ2) is 7.85. The Morgan fingerprint density at radius 1 is 1.40 bits per heavy atom. The van der Waals surface area contributed by atoms with Gasteiger partial charge >= 0.3 is 0 Å². The molecule has 0 spiro atoms. The number of phenols is 1. The van der Waals surface area contributed by atoms with E-state index < -0.39 is 0 Å². The fourth-order valence-corrected chi connectivity index (χ4v) is 1.48. The Balaban J connectivity index is 2.44. The van der Waals surface area contributed by atoms with Crippen LogP contribution in [0.25, 0.3) is 0 Å². The van der Waals surface area contributed by atoms with Crippen molar-refractivity contribution in [2.45, 2.75) is 26.3 Å². The number of hydrogen-bond donors (Lipinski definition) is 3. The van der Waals surface area contributed by atoms with Crippen LogP contribution in [0.2, 0.25) is 0 Å². The van der Waals surface area contributed by atoms with Crippen LogP contribution in [0.5, 0.6) is 5.75 Å². The number of nitrogens with zero attached hydrogens (tertiary/aromatic N) is 1. The summed E-state index contributed by atoms with van der Waals surface area (Å²) in [7, 11) is 0. The van der Waals surface area contributed by atoms with Crippen molar-refractivity contribution in [3.63, 3.8) is 0 Å². The van der Waals surface area contributed by atoms with Gasteiger partial charge in [0.05, 0.1) is 0 Å². The molecule has 0 saturated heterocycles. The second-order valence-electron chi connectivity index (χ2n) is 4.66. The zero-order valence-electron chi connectivity index (χ0n) is 11.7. The van der Waals surface area contributed by atoms with Crippen LogP contribution in [0, 0.1) is 11.3 Å². The summed E-state index contributed by atoms with van der Waals surface area (Å²) in [6.45, 7) is 4.28. The van der Waals surface area contributed by atoms with E-state index >= 15 is 0 Å². The standard InChI is InChI=1S/C15H19N3O2/c1-11(2)18-10-13(9-16)15(20)17-8-7-12-3-5-14(19)6-4-12/h3-6,10-11,18-19H,7-8H2,1-2H3,(H,17,20)/b13-10-. The third-order valence-corrected chi connectivity index (χ3v) is 2.56. The molecule has 1 aromatic carbocycles. The number of amides is 1. The van der Waals surface area contributed by atoms with Crippen molar-refractivity contribution in [3.8, 4) is 11.8 Å². The smallest absolute Gasteiger partial charge is 0.263 e. The van der Waals surface area contributed by atoms with E-state index in [0.717, 1.165) is 5.56 Å². The third kappa shape index (κ3) is 5.44. The summed E-state index contributed by atoms with van der Waals surface area (Å²) < 4.78 is 0. The molecule has 0 aliphatic carbocycles. The molecule has 0 unspecified atom stereocenters. The molecule has 0 fully saturated rings. The van der Waals surface area contributed by atoms with Gasteiger partial charge in [0.15, 0.2) is 0 Å². The molecule has 106 valence electrons. The zero-order valence-corrected chi connectivity index (χ0v) is 11.7. The topological polar surface area (TPSA) is 85.2 Å². The van der Waals surface area contributed by atoms with E-state index in [0.29, 0.717) is 13.0 Å². The first kappa shape index (κ1) is 15.6. The monoisotopic (exact) mass is 273 g/mol. The fourth-order valence-electron chi connectivity index (χ4n) is 1.48. The van der Waals surface area contributed by atoms with Gasteiger partial charge in [-0.1, -0.05) is 12.1 Å². The first-order valence-electron chi connectivity index (χ1n) is 6.45. The summed E-state index contributed by atoms with van der Waals surface area (Å²) in [6.07, 6.45) is 2.07. The molecule has 1 rings (SSSR count). The molecule has 1 amide bonds. The SMILES string of the molecule is CC(C)N/C=C(/C#N)C(=O)NCCc1ccc(O)cc1. The summed E-state index contributed by atoms with van der Waals surface area (Å²) in [5.74, 6) is -0.174. The van der Waals surface area contributed by atoms with Crippen LogP contribution >= 0.6 is 0 Å². The highest BCUT2D eigenvalue weighted by Gasteiger charge is 2.08. The second-order valence-corrected chi connectivity index (χ2v) is 4.66. The number of nitrogens with one attached hydrogen (secondary N) is 2. The number of carbonyl (C=O) groups excluding carboxylic acids is 1. The maximum atomic E-state index is 11.7. The van der Waals surface area contributed by atoms with Crippen molar-refractivity contribution in [1.82, 2.24) is 10.6 Å². The Hall–Kier alpha value is -2.48. The van der Waals surface area contributed by atoms with Crippen molar-refractivity contribution in [2.24, 2.45) is 0 Å². The van der Waals surface area contributed by atoms with E-state index in [1.165, 1.54) is 6.20 Å². The van der Waals surface area contributed by atoms with Crippen molar-refractivity contribution in [2.75, 3.05) is 6.54 Å². The first-order valence-corrected chi connectivity index (χ1v) is 6.45. The van der Waals surface area contributed by atoms with E-state index in [2.05, 4.69) is 10.6 Å². The van der Waals surface area contributed by atoms with E-state index in [1.807, 2.05) is 19.9 Å². The normalized spacial score (nSPS) is 11.0. The number of hydrogen-bond acceptors (Lipinski definition) is 4. The van der Waals surface area contributed by atoms with E-state index in [-0.39, 0.29) is 23.3 Å². The van der Waals surface area contributed by atoms with E-state index in [9.17, 15) is 4.79 Å². The molecule has 0 heterocycles. The predicted molar refractivity (Wildman–Crippen MR) is 76.8 cm³/mol. The Morgan fingerprint density at radius 3 is 2.60 bits per heavy atom. The van der Waals surface area contributed by atoms with Crippen molar-refractivity contribution >= 4 is 5.91 Å².